The van der Waals surface area contributed by atoms with Crippen molar-refractivity contribution in [3.63, 3.8) is 0 Å². The van der Waals surface area contributed by atoms with Crippen LogP contribution < -0.4 is 14.2 Å². The summed E-state index contributed by atoms with van der Waals surface area (Å²) in [5, 5.41) is 0.401. The Morgan fingerprint density at radius 2 is 1.70 bits per heavy atom. The molecule has 0 radical (unpaired) electrons. The van der Waals surface area contributed by atoms with Crippen LogP contribution in [0.25, 0.3) is 0 Å². The highest BCUT2D eigenvalue weighted by molar-refractivity contribution is 7.92. The molecule has 0 aromatic heterocycles. The van der Waals surface area contributed by atoms with Crippen molar-refractivity contribution >= 4 is 27.3 Å². The summed E-state index contributed by atoms with van der Waals surface area (Å²) >= 11 is 5.96. The second-order valence-corrected chi connectivity index (χ2v) is 6.77. The molecule has 2 aromatic carbocycles. The van der Waals surface area contributed by atoms with Crippen molar-refractivity contribution in [2.45, 2.75) is 11.8 Å². The Bertz CT molecular complexity index is 840. The van der Waals surface area contributed by atoms with Gasteiger partial charge in [0.2, 0.25) is 0 Å². The van der Waals surface area contributed by atoms with Gasteiger partial charge in [0.05, 0.1) is 19.9 Å². The van der Waals surface area contributed by atoms with E-state index in [1.54, 1.807) is 13.0 Å². The lowest BCUT2D eigenvalue weighted by atomic mass is 10.2. The van der Waals surface area contributed by atoms with Crippen LogP contribution in [0.1, 0.15) is 5.56 Å². The lowest BCUT2D eigenvalue weighted by Gasteiger charge is -2.13. The molecule has 124 valence electrons. The number of benzene rings is 2. The third-order valence-electron chi connectivity index (χ3n) is 3.15. The third-order valence-corrected chi connectivity index (χ3v) is 4.96. The topological polar surface area (TPSA) is 64.6 Å². The molecule has 0 saturated carbocycles. The molecule has 0 aliphatic heterocycles. The molecule has 0 spiro atoms. The standard InChI is InChI=1S/C15H15ClFNO4S/c1-9-4-5-10(6-11(9)16)18-23(19,20)15-8-14(22-3)13(21-2)7-12(15)17/h4-8,18H,1-3H3. The van der Waals surface area contributed by atoms with Gasteiger partial charge in [-0.05, 0) is 24.6 Å². The van der Waals surface area contributed by atoms with Gasteiger partial charge in [-0.3, -0.25) is 4.72 Å². The zero-order valence-electron chi connectivity index (χ0n) is 12.7. The van der Waals surface area contributed by atoms with Gasteiger partial charge in [0.15, 0.2) is 11.5 Å². The largest absolute Gasteiger partial charge is 0.493 e. The van der Waals surface area contributed by atoms with Gasteiger partial charge in [-0.2, -0.15) is 0 Å². The van der Waals surface area contributed by atoms with Gasteiger partial charge in [0.25, 0.3) is 10.0 Å². The van der Waals surface area contributed by atoms with E-state index in [9.17, 15) is 12.8 Å². The SMILES string of the molecule is COc1cc(F)c(S(=O)(=O)Nc2ccc(C)c(Cl)c2)cc1OC. The van der Waals surface area contributed by atoms with Gasteiger partial charge in [-0.15, -0.1) is 0 Å². The minimum Gasteiger partial charge on any atom is -0.493 e. The van der Waals surface area contributed by atoms with Gasteiger partial charge in [0.1, 0.15) is 10.7 Å². The highest BCUT2D eigenvalue weighted by Gasteiger charge is 2.23. The van der Waals surface area contributed by atoms with E-state index < -0.39 is 20.7 Å². The first-order valence-corrected chi connectivity index (χ1v) is 8.35. The average molecular weight is 360 g/mol. The molecule has 0 unspecified atom stereocenters. The van der Waals surface area contributed by atoms with Crippen LogP contribution in [0.4, 0.5) is 10.1 Å². The molecule has 2 aromatic rings. The Hall–Kier alpha value is -1.99. The van der Waals surface area contributed by atoms with Crippen LogP contribution in [0, 0.1) is 12.7 Å². The number of hydrogen-bond acceptors (Lipinski definition) is 4. The Morgan fingerprint density at radius 1 is 1.09 bits per heavy atom. The monoisotopic (exact) mass is 359 g/mol. The number of methoxy groups -OCH3 is 2. The van der Waals surface area contributed by atoms with Gasteiger partial charge >= 0.3 is 0 Å². The van der Waals surface area contributed by atoms with Gasteiger partial charge < -0.3 is 9.47 Å². The molecule has 0 heterocycles. The van der Waals surface area contributed by atoms with E-state index in [4.69, 9.17) is 21.1 Å². The number of ether oxygens (including phenoxy) is 2. The molecule has 23 heavy (non-hydrogen) atoms. The van der Waals surface area contributed by atoms with E-state index in [0.717, 1.165) is 17.7 Å². The summed E-state index contributed by atoms with van der Waals surface area (Å²) in [6.45, 7) is 1.79. The molecule has 0 amide bonds. The second-order valence-electron chi connectivity index (χ2n) is 4.71. The van der Waals surface area contributed by atoms with Crippen LogP contribution in [0.5, 0.6) is 11.5 Å². The van der Waals surface area contributed by atoms with E-state index in [0.29, 0.717) is 5.02 Å². The Morgan fingerprint density at radius 3 is 2.26 bits per heavy atom. The summed E-state index contributed by atoms with van der Waals surface area (Å²) in [4.78, 5) is -0.549. The van der Waals surface area contributed by atoms with Gasteiger partial charge in [0, 0.05) is 17.2 Å². The lowest BCUT2D eigenvalue weighted by Crippen LogP contribution is -2.15. The Kier molecular flexibility index (Phi) is 5.01. The second kappa shape index (κ2) is 6.64. The molecule has 1 N–H and O–H groups in total. The number of halogens is 2. The van der Waals surface area contributed by atoms with Crippen molar-refractivity contribution in [2.75, 3.05) is 18.9 Å². The van der Waals surface area contributed by atoms with E-state index in [2.05, 4.69) is 4.72 Å². The van der Waals surface area contributed by atoms with Crippen LogP contribution >= 0.6 is 11.6 Å². The first-order valence-electron chi connectivity index (χ1n) is 6.49. The molecule has 0 atom stereocenters. The lowest BCUT2D eigenvalue weighted by molar-refractivity contribution is 0.350. The molecule has 0 saturated heterocycles. The number of rotatable bonds is 5. The van der Waals surface area contributed by atoms with Crippen molar-refractivity contribution < 1.29 is 22.3 Å². The van der Waals surface area contributed by atoms with E-state index >= 15 is 0 Å². The molecule has 2 rings (SSSR count). The Labute approximate surface area is 139 Å². The fourth-order valence-electron chi connectivity index (χ4n) is 1.91. The highest BCUT2D eigenvalue weighted by atomic mass is 35.5. The number of sulfonamides is 1. The van der Waals surface area contributed by atoms with Crippen molar-refractivity contribution in [3.8, 4) is 11.5 Å². The maximum absolute atomic E-state index is 14.1. The predicted octanol–water partition coefficient (Wildman–Crippen LogP) is 3.61. The van der Waals surface area contributed by atoms with Crippen molar-refractivity contribution in [2.24, 2.45) is 0 Å². The molecule has 0 aliphatic rings. The Balaban J connectivity index is 2.45. The summed E-state index contributed by atoms with van der Waals surface area (Å²) in [6.07, 6.45) is 0. The maximum atomic E-state index is 14.1. The van der Waals surface area contributed by atoms with Crippen LogP contribution in [-0.4, -0.2) is 22.6 Å². The zero-order chi connectivity index (χ0) is 17.2. The summed E-state index contributed by atoms with van der Waals surface area (Å²) in [5.41, 5.74) is 1.03. The number of hydrogen-bond donors (Lipinski definition) is 1. The molecule has 0 aliphatic carbocycles. The summed E-state index contributed by atoms with van der Waals surface area (Å²) in [6, 6.07) is 6.66. The normalized spacial score (nSPS) is 11.2. The zero-order valence-corrected chi connectivity index (χ0v) is 14.3. The van der Waals surface area contributed by atoms with E-state index in [1.165, 1.54) is 26.4 Å². The predicted molar refractivity (Wildman–Crippen MR) is 86.5 cm³/mol. The van der Waals surface area contributed by atoms with Crippen LogP contribution in [-0.2, 0) is 10.0 Å². The van der Waals surface area contributed by atoms with E-state index in [-0.39, 0.29) is 17.2 Å². The molecular weight excluding hydrogens is 345 g/mol. The highest BCUT2D eigenvalue weighted by Crippen LogP contribution is 2.33. The van der Waals surface area contributed by atoms with Crippen LogP contribution in [0.3, 0.4) is 0 Å². The van der Waals surface area contributed by atoms with Crippen molar-refractivity contribution in [1.82, 2.24) is 0 Å². The average Bonchev–Trinajstić information content (AvgIpc) is 2.50. The van der Waals surface area contributed by atoms with Crippen LogP contribution in [0.15, 0.2) is 35.2 Å². The van der Waals surface area contributed by atoms with Gasteiger partial charge in [-0.25, -0.2) is 12.8 Å². The molecular formula is C15H15ClFNO4S. The van der Waals surface area contributed by atoms with Crippen molar-refractivity contribution in [1.29, 1.82) is 0 Å². The fourth-order valence-corrected chi connectivity index (χ4v) is 3.21. The number of aryl methyl sites for hydroxylation is 1. The fraction of sp³-hybridized carbons (Fsp3) is 0.200. The summed E-state index contributed by atoms with van der Waals surface area (Å²) in [7, 11) is -1.49. The first-order chi connectivity index (χ1) is 10.8. The molecule has 8 heteroatoms. The molecule has 5 nitrogen and oxygen atoms in total. The van der Waals surface area contributed by atoms with E-state index in [1.807, 2.05) is 0 Å². The first kappa shape index (κ1) is 17.4. The summed E-state index contributed by atoms with van der Waals surface area (Å²) < 4.78 is 51.1. The summed E-state index contributed by atoms with van der Waals surface area (Å²) in [5.74, 6) is -0.744. The molecule has 0 fully saturated rings. The maximum Gasteiger partial charge on any atom is 0.264 e. The number of anilines is 1. The minimum atomic E-state index is -4.15. The van der Waals surface area contributed by atoms with Crippen LogP contribution in [0.2, 0.25) is 5.02 Å². The quantitative estimate of drug-likeness (QED) is 0.885. The van der Waals surface area contributed by atoms with Gasteiger partial charge in [-0.1, -0.05) is 17.7 Å². The number of nitrogens with one attached hydrogen (secondary N) is 1. The third kappa shape index (κ3) is 3.68. The minimum absolute atomic E-state index is 0.0994. The van der Waals surface area contributed by atoms with Crippen molar-refractivity contribution in [3.05, 3.63) is 46.7 Å². The smallest absolute Gasteiger partial charge is 0.264 e. The molecule has 0 bridgehead atoms.